The van der Waals surface area contributed by atoms with Crippen LogP contribution in [-0.2, 0) is 16.0 Å². The lowest BCUT2D eigenvalue weighted by atomic mass is 9.62. The molecule has 1 saturated carbocycles. The Kier molecular flexibility index (Phi) is 4.79. The zero-order valence-corrected chi connectivity index (χ0v) is 12.6. The van der Waals surface area contributed by atoms with E-state index in [0.29, 0.717) is 36.9 Å². The SMILES string of the molecule is N#Cc1cc(CNC=O)cnc1OC1CCC2B(O)OCC2C1. The zero-order chi connectivity index (χ0) is 16.2. The van der Waals surface area contributed by atoms with E-state index in [4.69, 9.17) is 9.39 Å². The van der Waals surface area contributed by atoms with E-state index < -0.39 is 7.12 Å². The second kappa shape index (κ2) is 6.98. The average Bonchev–Trinajstić information content (AvgIpc) is 2.94. The van der Waals surface area contributed by atoms with Gasteiger partial charge in [-0.25, -0.2) is 4.98 Å². The van der Waals surface area contributed by atoms with Gasteiger partial charge in [0.2, 0.25) is 12.3 Å². The molecule has 1 aliphatic carbocycles. The Bertz CT molecular complexity index is 621. The molecule has 0 radical (unpaired) electrons. The fourth-order valence-electron chi connectivity index (χ4n) is 3.35. The number of nitriles is 1. The summed E-state index contributed by atoms with van der Waals surface area (Å²) in [5.41, 5.74) is 1.11. The molecule has 1 aromatic heterocycles. The minimum absolute atomic E-state index is 0.0244. The molecule has 0 spiro atoms. The number of ether oxygens (including phenoxy) is 1. The molecule has 3 atom stereocenters. The molecule has 2 N–H and O–H groups in total. The molecule has 2 aliphatic rings. The molecule has 7 nitrogen and oxygen atoms in total. The molecule has 8 heteroatoms. The van der Waals surface area contributed by atoms with Crippen molar-refractivity contribution in [3.8, 4) is 11.9 Å². The first-order valence-corrected chi connectivity index (χ1v) is 7.73. The third-order valence-corrected chi connectivity index (χ3v) is 4.54. The lowest BCUT2D eigenvalue weighted by Crippen LogP contribution is -2.31. The fourth-order valence-corrected chi connectivity index (χ4v) is 3.35. The van der Waals surface area contributed by atoms with E-state index in [1.54, 1.807) is 12.3 Å². The van der Waals surface area contributed by atoms with Gasteiger partial charge in [0.25, 0.3) is 0 Å². The van der Waals surface area contributed by atoms with Crippen molar-refractivity contribution < 1.29 is 19.2 Å². The van der Waals surface area contributed by atoms with Crippen LogP contribution in [-0.4, -0.2) is 36.2 Å². The second-order valence-corrected chi connectivity index (χ2v) is 6.01. The van der Waals surface area contributed by atoms with Crippen LogP contribution in [0.2, 0.25) is 5.82 Å². The molecule has 1 amide bonds. The summed E-state index contributed by atoms with van der Waals surface area (Å²) in [6.45, 7) is 0.883. The maximum absolute atomic E-state index is 10.3. The van der Waals surface area contributed by atoms with E-state index >= 15 is 0 Å². The summed E-state index contributed by atoms with van der Waals surface area (Å²) in [7, 11) is -0.654. The van der Waals surface area contributed by atoms with Gasteiger partial charge < -0.3 is 19.7 Å². The predicted octanol–water partition coefficient (Wildman–Crippen LogP) is 0.628. The van der Waals surface area contributed by atoms with Gasteiger partial charge in [-0.3, -0.25) is 4.79 Å². The number of nitrogens with zero attached hydrogens (tertiary/aromatic N) is 2. The van der Waals surface area contributed by atoms with E-state index in [1.165, 1.54) is 0 Å². The molecule has 2 fully saturated rings. The molecule has 1 saturated heterocycles. The summed E-state index contributed by atoms with van der Waals surface area (Å²) in [5, 5.41) is 21.5. The molecule has 1 aromatic rings. The Morgan fingerprint density at radius 2 is 2.48 bits per heavy atom. The summed E-state index contributed by atoms with van der Waals surface area (Å²) in [5.74, 6) is 0.811. The molecule has 120 valence electrons. The van der Waals surface area contributed by atoms with Gasteiger partial charge >= 0.3 is 7.12 Å². The topological polar surface area (TPSA) is 104 Å². The zero-order valence-electron chi connectivity index (χ0n) is 12.6. The summed E-state index contributed by atoms with van der Waals surface area (Å²) in [6.07, 6.45) is 4.63. The van der Waals surface area contributed by atoms with E-state index in [-0.39, 0.29) is 11.9 Å². The Labute approximate surface area is 134 Å². The largest absolute Gasteiger partial charge is 0.473 e. The summed E-state index contributed by atoms with van der Waals surface area (Å²) >= 11 is 0. The Balaban J connectivity index is 1.66. The van der Waals surface area contributed by atoms with Gasteiger partial charge in [0, 0.05) is 19.3 Å². The summed E-state index contributed by atoms with van der Waals surface area (Å²) in [6, 6.07) is 3.76. The number of hydrogen-bond donors (Lipinski definition) is 2. The van der Waals surface area contributed by atoms with Crippen molar-refractivity contribution in [3.63, 3.8) is 0 Å². The van der Waals surface area contributed by atoms with Gasteiger partial charge in [0.05, 0.1) is 0 Å². The monoisotopic (exact) mass is 315 g/mol. The quantitative estimate of drug-likeness (QED) is 0.610. The molecule has 3 unspecified atom stereocenters. The summed E-state index contributed by atoms with van der Waals surface area (Å²) < 4.78 is 11.2. The smallest absolute Gasteiger partial charge is 0.457 e. The number of rotatable bonds is 5. The molecular formula is C15H18BN3O4. The molecule has 23 heavy (non-hydrogen) atoms. The van der Waals surface area contributed by atoms with E-state index in [1.807, 2.05) is 0 Å². The van der Waals surface area contributed by atoms with Crippen molar-refractivity contribution in [3.05, 3.63) is 23.4 Å². The van der Waals surface area contributed by atoms with Crippen molar-refractivity contribution in [2.75, 3.05) is 6.61 Å². The van der Waals surface area contributed by atoms with Crippen LogP contribution in [0.15, 0.2) is 12.3 Å². The first-order chi connectivity index (χ1) is 11.2. The van der Waals surface area contributed by atoms with Crippen molar-refractivity contribution in [2.24, 2.45) is 5.92 Å². The van der Waals surface area contributed by atoms with Crippen LogP contribution >= 0.6 is 0 Å². The first kappa shape index (κ1) is 15.8. The minimum atomic E-state index is -0.654. The average molecular weight is 315 g/mol. The molecular weight excluding hydrogens is 297 g/mol. The van der Waals surface area contributed by atoms with Gasteiger partial charge in [-0.05, 0) is 42.6 Å². The van der Waals surface area contributed by atoms with E-state index in [9.17, 15) is 15.1 Å². The van der Waals surface area contributed by atoms with Crippen LogP contribution in [0.1, 0.15) is 30.4 Å². The molecule has 0 aromatic carbocycles. The maximum Gasteiger partial charge on any atom is 0.457 e. The fraction of sp³-hybridized carbons (Fsp3) is 0.533. The lowest BCUT2D eigenvalue weighted by Gasteiger charge is -2.30. The lowest BCUT2D eigenvalue weighted by molar-refractivity contribution is -0.109. The normalized spacial score (nSPS) is 26.3. The van der Waals surface area contributed by atoms with Crippen LogP contribution in [0.3, 0.4) is 0 Å². The Morgan fingerprint density at radius 3 is 3.26 bits per heavy atom. The van der Waals surface area contributed by atoms with Gasteiger partial charge in [-0.15, -0.1) is 0 Å². The van der Waals surface area contributed by atoms with Crippen LogP contribution in [0.25, 0.3) is 0 Å². The van der Waals surface area contributed by atoms with Crippen molar-refractivity contribution in [2.45, 2.75) is 37.7 Å². The Hall–Kier alpha value is -2.11. The van der Waals surface area contributed by atoms with Gasteiger partial charge in [0.1, 0.15) is 17.7 Å². The number of pyridine rings is 1. The van der Waals surface area contributed by atoms with Gasteiger partial charge in [-0.1, -0.05) is 0 Å². The van der Waals surface area contributed by atoms with Crippen LogP contribution in [0, 0.1) is 17.2 Å². The highest BCUT2D eigenvalue weighted by molar-refractivity contribution is 6.45. The van der Waals surface area contributed by atoms with Gasteiger partial charge in [0.15, 0.2) is 0 Å². The van der Waals surface area contributed by atoms with Crippen molar-refractivity contribution in [1.29, 1.82) is 5.26 Å². The van der Waals surface area contributed by atoms with Crippen molar-refractivity contribution >= 4 is 13.5 Å². The first-order valence-electron chi connectivity index (χ1n) is 7.73. The minimum Gasteiger partial charge on any atom is -0.473 e. The van der Waals surface area contributed by atoms with Gasteiger partial charge in [-0.2, -0.15) is 5.26 Å². The highest BCUT2D eigenvalue weighted by Crippen LogP contribution is 2.42. The standard InChI is InChI=1S/C15H18BN3O4/c17-5-11-3-10(6-18-9-20)7-19-15(11)23-13-1-2-14-12(4-13)8-22-16(14)21/h3,7,9,12-14,21H,1-2,4,6,8H2,(H,18,20). The number of carbonyl (C=O) groups excluding carboxylic acids is 1. The van der Waals surface area contributed by atoms with E-state index in [2.05, 4.69) is 16.4 Å². The number of amides is 1. The Morgan fingerprint density at radius 1 is 1.61 bits per heavy atom. The third-order valence-electron chi connectivity index (χ3n) is 4.54. The van der Waals surface area contributed by atoms with E-state index in [0.717, 1.165) is 24.8 Å². The second-order valence-electron chi connectivity index (χ2n) is 6.01. The number of nitrogens with one attached hydrogen (secondary N) is 1. The molecule has 3 rings (SSSR count). The van der Waals surface area contributed by atoms with Crippen LogP contribution < -0.4 is 10.1 Å². The van der Waals surface area contributed by atoms with Crippen molar-refractivity contribution in [1.82, 2.24) is 10.3 Å². The number of aromatic nitrogens is 1. The molecule has 0 bridgehead atoms. The number of fused-ring (bicyclic) bond motifs is 1. The van der Waals surface area contributed by atoms with Crippen LogP contribution in [0.4, 0.5) is 0 Å². The highest BCUT2D eigenvalue weighted by atomic mass is 16.5. The molecule has 2 heterocycles. The van der Waals surface area contributed by atoms with Crippen LogP contribution in [0.5, 0.6) is 5.88 Å². The molecule has 1 aliphatic heterocycles. The predicted molar refractivity (Wildman–Crippen MR) is 81.3 cm³/mol. The maximum atomic E-state index is 10.3. The third kappa shape index (κ3) is 3.46. The summed E-state index contributed by atoms with van der Waals surface area (Å²) in [4.78, 5) is 14.5. The number of carbonyl (C=O) groups is 1. The highest BCUT2D eigenvalue weighted by Gasteiger charge is 2.44. The number of hydrogen-bond acceptors (Lipinski definition) is 6.